The Hall–Kier alpha value is -0.620. The Kier molecular flexibility index (Phi) is 2.80. The lowest BCUT2D eigenvalue weighted by Crippen LogP contribution is -2.08. The predicted octanol–water partition coefficient (Wildman–Crippen LogP) is 0.481. The van der Waals surface area contributed by atoms with E-state index in [1.54, 1.807) is 16.4 Å². The van der Waals surface area contributed by atoms with Crippen molar-refractivity contribution in [1.82, 2.24) is 20.2 Å². The van der Waals surface area contributed by atoms with Crippen LogP contribution in [0, 0.1) is 0 Å². The van der Waals surface area contributed by atoms with Crippen molar-refractivity contribution >= 4 is 11.8 Å². The third-order valence-corrected chi connectivity index (χ3v) is 3.15. The largest absolute Gasteiger partial charge is 0.377 e. The van der Waals surface area contributed by atoms with Crippen molar-refractivity contribution in [2.45, 2.75) is 24.1 Å². The Morgan fingerprint density at radius 1 is 1.69 bits per heavy atom. The van der Waals surface area contributed by atoms with Gasteiger partial charge in [-0.1, -0.05) is 11.8 Å². The highest BCUT2D eigenvalue weighted by Gasteiger charge is 2.16. The zero-order valence-electron chi connectivity index (χ0n) is 7.51. The van der Waals surface area contributed by atoms with Gasteiger partial charge in [-0.2, -0.15) is 0 Å². The van der Waals surface area contributed by atoms with Crippen molar-refractivity contribution in [3.8, 4) is 0 Å². The second kappa shape index (κ2) is 4.06. The maximum absolute atomic E-state index is 5.49. The van der Waals surface area contributed by atoms with Gasteiger partial charge in [0.15, 0.2) is 0 Å². The number of rotatable bonds is 3. The number of tetrazole rings is 1. The van der Waals surface area contributed by atoms with Gasteiger partial charge in [0.1, 0.15) is 0 Å². The fourth-order valence-corrected chi connectivity index (χ4v) is 2.20. The van der Waals surface area contributed by atoms with Crippen LogP contribution in [0.2, 0.25) is 0 Å². The van der Waals surface area contributed by atoms with Crippen LogP contribution in [0.4, 0.5) is 0 Å². The quantitative estimate of drug-likeness (QED) is 0.664. The van der Waals surface area contributed by atoms with Gasteiger partial charge in [0.2, 0.25) is 5.16 Å². The minimum Gasteiger partial charge on any atom is -0.377 e. The maximum atomic E-state index is 5.49. The lowest BCUT2D eigenvalue weighted by atomic mass is 10.3. The van der Waals surface area contributed by atoms with E-state index in [0.29, 0.717) is 6.10 Å². The van der Waals surface area contributed by atoms with Gasteiger partial charge in [0.05, 0.1) is 6.10 Å². The molecule has 5 nitrogen and oxygen atoms in total. The van der Waals surface area contributed by atoms with E-state index in [1.165, 1.54) is 6.42 Å². The molecule has 1 aliphatic rings. The topological polar surface area (TPSA) is 52.8 Å². The van der Waals surface area contributed by atoms with Gasteiger partial charge in [-0.05, 0) is 23.3 Å². The number of aryl methyl sites for hydroxylation is 1. The van der Waals surface area contributed by atoms with Gasteiger partial charge in [-0.15, -0.1) is 5.10 Å². The Labute approximate surface area is 80.8 Å². The summed E-state index contributed by atoms with van der Waals surface area (Å²) in [4.78, 5) is 0. The van der Waals surface area contributed by atoms with Gasteiger partial charge < -0.3 is 4.74 Å². The molecule has 0 radical (unpaired) electrons. The third-order valence-electron chi connectivity index (χ3n) is 2.00. The summed E-state index contributed by atoms with van der Waals surface area (Å²) >= 11 is 1.65. The second-order valence-electron chi connectivity index (χ2n) is 3.03. The van der Waals surface area contributed by atoms with Crippen molar-refractivity contribution in [2.24, 2.45) is 7.05 Å². The first-order chi connectivity index (χ1) is 6.36. The van der Waals surface area contributed by atoms with E-state index in [9.17, 15) is 0 Å². The first-order valence-electron chi connectivity index (χ1n) is 4.33. The summed E-state index contributed by atoms with van der Waals surface area (Å²) in [5.41, 5.74) is 0. The van der Waals surface area contributed by atoms with E-state index in [2.05, 4.69) is 15.5 Å². The Morgan fingerprint density at radius 3 is 3.23 bits per heavy atom. The fraction of sp³-hybridized carbons (Fsp3) is 0.857. The highest BCUT2D eigenvalue weighted by molar-refractivity contribution is 7.99. The van der Waals surface area contributed by atoms with Crippen molar-refractivity contribution < 1.29 is 4.74 Å². The summed E-state index contributed by atoms with van der Waals surface area (Å²) in [6.45, 7) is 0.905. The summed E-state index contributed by atoms with van der Waals surface area (Å²) in [5.74, 6) is 0.953. The van der Waals surface area contributed by atoms with E-state index < -0.39 is 0 Å². The Balaban J connectivity index is 1.82. The van der Waals surface area contributed by atoms with Crippen LogP contribution in [0.25, 0.3) is 0 Å². The lowest BCUT2D eigenvalue weighted by molar-refractivity contribution is 0.129. The molecular weight excluding hydrogens is 188 g/mol. The maximum Gasteiger partial charge on any atom is 0.209 e. The number of ether oxygens (including phenoxy) is 1. The number of nitrogens with zero attached hydrogens (tertiary/aromatic N) is 4. The average Bonchev–Trinajstić information content (AvgIpc) is 2.72. The van der Waals surface area contributed by atoms with Crippen molar-refractivity contribution in [1.29, 1.82) is 0 Å². The minimum atomic E-state index is 0.390. The molecule has 2 heterocycles. The molecule has 0 amide bonds. The Morgan fingerprint density at radius 2 is 2.62 bits per heavy atom. The van der Waals surface area contributed by atoms with Crippen LogP contribution < -0.4 is 0 Å². The van der Waals surface area contributed by atoms with Crippen LogP contribution in [-0.4, -0.2) is 38.7 Å². The molecule has 0 saturated carbocycles. The number of hydrogen-bond donors (Lipinski definition) is 0. The molecule has 0 aliphatic carbocycles. The van der Waals surface area contributed by atoms with E-state index in [0.717, 1.165) is 23.9 Å². The SMILES string of the molecule is Cn1nnnc1SCC1CCCO1. The van der Waals surface area contributed by atoms with E-state index >= 15 is 0 Å². The van der Waals surface area contributed by atoms with E-state index in [1.807, 2.05) is 7.05 Å². The van der Waals surface area contributed by atoms with Gasteiger partial charge in [-0.25, -0.2) is 4.68 Å². The number of aromatic nitrogens is 4. The van der Waals surface area contributed by atoms with Crippen molar-refractivity contribution in [3.05, 3.63) is 0 Å². The molecule has 2 rings (SSSR count). The van der Waals surface area contributed by atoms with E-state index in [-0.39, 0.29) is 0 Å². The van der Waals surface area contributed by atoms with Gasteiger partial charge >= 0.3 is 0 Å². The summed E-state index contributed by atoms with van der Waals surface area (Å²) in [6, 6.07) is 0. The molecule has 72 valence electrons. The molecular formula is C7H12N4OS. The molecule has 1 saturated heterocycles. The van der Waals surface area contributed by atoms with E-state index in [4.69, 9.17) is 4.74 Å². The van der Waals surface area contributed by atoms with Gasteiger partial charge in [0, 0.05) is 19.4 Å². The molecule has 0 spiro atoms. The lowest BCUT2D eigenvalue weighted by Gasteiger charge is -2.06. The summed E-state index contributed by atoms with van der Waals surface area (Å²) in [7, 11) is 1.85. The Bertz CT molecular complexity index is 271. The monoisotopic (exact) mass is 200 g/mol. The average molecular weight is 200 g/mol. The number of hydrogen-bond acceptors (Lipinski definition) is 5. The first kappa shape index (κ1) is 8.96. The minimum absolute atomic E-state index is 0.390. The summed E-state index contributed by atoms with van der Waals surface area (Å²) in [6.07, 6.45) is 2.74. The highest BCUT2D eigenvalue weighted by atomic mass is 32.2. The molecule has 13 heavy (non-hydrogen) atoms. The van der Waals surface area contributed by atoms with Crippen LogP contribution >= 0.6 is 11.8 Å². The molecule has 1 fully saturated rings. The molecule has 1 atom stereocenters. The second-order valence-corrected chi connectivity index (χ2v) is 4.02. The molecule has 1 aliphatic heterocycles. The van der Waals surface area contributed by atoms with Crippen LogP contribution in [0.3, 0.4) is 0 Å². The standard InChI is InChI=1S/C7H12N4OS/c1-11-7(8-9-10-11)13-5-6-3-2-4-12-6/h6H,2-5H2,1H3. The molecule has 0 aromatic carbocycles. The van der Waals surface area contributed by atoms with Crippen molar-refractivity contribution in [3.63, 3.8) is 0 Å². The molecule has 1 unspecified atom stereocenters. The third kappa shape index (κ3) is 2.19. The molecule has 0 bridgehead atoms. The number of thioether (sulfide) groups is 1. The first-order valence-corrected chi connectivity index (χ1v) is 5.31. The highest BCUT2D eigenvalue weighted by Crippen LogP contribution is 2.20. The molecule has 1 aromatic heterocycles. The van der Waals surface area contributed by atoms with Crippen LogP contribution in [-0.2, 0) is 11.8 Å². The summed E-state index contributed by atoms with van der Waals surface area (Å²) in [5, 5.41) is 12.1. The zero-order chi connectivity index (χ0) is 9.10. The van der Waals surface area contributed by atoms with Crippen LogP contribution in [0.1, 0.15) is 12.8 Å². The molecule has 6 heteroatoms. The summed E-state index contributed by atoms with van der Waals surface area (Å²) < 4.78 is 7.17. The van der Waals surface area contributed by atoms with Crippen LogP contribution in [0.15, 0.2) is 5.16 Å². The smallest absolute Gasteiger partial charge is 0.209 e. The van der Waals surface area contributed by atoms with Crippen LogP contribution in [0.5, 0.6) is 0 Å². The predicted molar refractivity (Wildman–Crippen MR) is 48.5 cm³/mol. The zero-order valence-corrected chi connectivity index (χ0v) is 8.33. The normalized spacial score (nSPS) is 22.4. The van der Waals surface area contributed by atoms with Gasteiger partial charge in [-0.3, -0.25) is 0 Å². The van der Waals surface area contributed by atoms with Gasteiger partial charge in [0.25, 0.3) is 0 Å². The van der Waals surface area contributed by atoms with Crippen molar-refractivity contribution in [2.75, 3.05) is 12.4 Å². The molecule has 0 N–H and O–H groups in total. The fourth-order valence-electron chi connectivity index (χ4n) is 1.29. The molecule has 1 aromatic rings.